The maximum Gasteiger partial charge on any atom is 0.268 e. The number of rotatable bonds is 4. The van der Waals surface area contributed by atoms with Crippen molar-refractivity contribution in [2.75, 3.05) is 19.6 Å². The van der Waals surface area contributed by atoms with Crippen LogP contribution in [-0.4, -0.2) is 43.9 Å². The topological polar surface area (TPSA) is 72.2 Å². The molecule has 1 N–H and O–H groups in total. The first-order valence-corrected chi connectivity index (χ1v) is 9.49. The summed E-state index contributed by atoms with van der Waals surface area (Å²) >= 11 is 1.42. The van der Waals surface area contributed by atoms with Crippen LogP contribution in [0.4, 0.5) is 0 Å². The lowest BCUT2D eigenvalue weighted by atomic mass is 10.1. The average Bonchev–Trinajstić information content (AvgIpc) is 3.23. The van der Waals surface area contributed by atoms with Crippen LogP contribution < -0.4 is 10.9 Å². The van der Waals surface area contributed by atoms with Crippen LogP contribution in [0.2, 0.25) is 0 Å². The normalized spacial score (nSPS) is 17.7. The second-order valence-electron chi connectivity index (χ2n) is 6.45. The van der Waals surface area contributed by atoms with Gasteiger partial charge in [-0.25, -0.2) is 4.98 Å². The fourth-order valence-electron chi connectivity index (χ4n) is 3.44. The summed E-state index contributed by atoms with van der Waals surface area (Å²) in [6.45, 7) is 2.53. The minimum absolute atomic E-state index is 0.0145. The van der Waals surface area contributed by atoms with E-state index in [0.717, 1.165) is 22.5 Å². The Balaban J connectivity index is 1.50. The van der Waals surface area contributed by atoms with Gasteiger partial charge < -0.3 is 14.8 Å². The minimum atomic E-state index is -0.0737. The van der Waals surface area contributed by atoms with E-state index in [0.29, 0.717) is 26.1 Å². The number of nitrogens with one attached hydrogen (secondary N) is 1. The molecule has 0 aliphatic carbocycles. The maximum atomic E-state index is 12.9. The number of carbonyl (C=O) groups is 1. The molecule has 3 heterocycles. The number of benzene rings is 1. The molecule has 0 radical (unpaired) electrons. The van der Waals surface area contributed by atoms with Gasteiger partial charge in [0, 0.05) is 52.0 Å². The number of aromatic nitrogens is 3. The first-order valence-electron chi connectivity index (χ1n) is 8.71. The molecule has 1 aromatic carbocycles. The molecule has 1 unspecified atom stereocenters. The van der Waals surface area contributed by atoms with Crippen molar-refractivity contribution in [3.8, 4) is 0 Å². The predicted molar refractivity (Wildman–Crippen MR) is 101 cm³/mol. The van der Waals surface area contributed by atoms with Gasteiger partial charge in [-0.15, -0.1) is 0 Å². The third-order valence-electron chi connectivity index (χ3n) is 4.80. The molecule has 8 heteroatoms. The third-order valence-corrected chi connectivity index (χ3v) is 5.92. The number of hydrogen-bond acceptors (Lipinski definition) is 5. The van der Waals surface area contributed by atoms with E-state index in [1.807, 2.05) is 47.0 Å². The standard InChI is InChI=1S/C18H21N5O2S/c1-21-10-8-20-17(21)14-12-19-7-11-22(14)16(24)6-9-23-18(25)13-4-2-3-5-15(13)26-23/h2-5,8,10,14,19H,6-7,9,11-12H2,1H3. The smallest absolute Gasteiger partial charge is 0.268 e. The summed E-state index contributed by atoms with van der Waals surface area (Å²) in [6, 6.07) is 7.48. The molecule has 0 bridgehead atoms. The van der Waals surface area contributed by atoms with E-state index < -0.39 is 0 Å². The quantitative estimate of drug-likeness (QED) is 0.752. The highest BCUT2D eigenvalue weighted by Gasteiger charge is 2.30. The summed E-state index contributed by atoms with van der Waals surface area (Å²) < 4.78 is 4.59. The van der Waals surface area contributed by atoms with Gasteiger partial charge >= 0.3 is 0 Å². The molecule has 4 rings (SSSR count). The third kappa shape index (κ3) is 3.06. The van der Waals surface area contributed by atoms with Crippen LogP contribution in [0, 0.1) is 0 Å². The maximum absolute atomic E-state index is 12.9. The molecule has 1 saturated heterocycles. The van der Waals surface area contributed by atoms with Gasteiger partial charge in [-0.3, -0.25) is 13.5 Å². The average molecular weight is 371 g/mol. The lowest BCUT2D eigenvalue weighted by Gasteiger charge is -2.35. The van der Waals surface area contributed by atoms with Crippen molar-refractivity contribution >= 4 is 27.5 Å². The van der Waals surface area contributed by atoms with E-state index in [-0.39, 0.29) is 17.5 Å². The minimum Gasteiger partial charge on any atom is -0.336 e. The number of imidazole rings is 1. The number of aryl methyl sites for hydroxylation is 2. The molecule has 136 valence electrons. The van der Waals surface area contributed by atoms with Crippen LogP contribution in [0.15, 0.2) is 41.5 Å². The molecular weight excluding hydrogens is 350 g/mol. The molecule has 1 aliphatic rings. The second kappa shape index (κ2) is 7.05. The van der Waals surface area contributed by atoms with E-state index in [1.54, 1.807) is 10.2 Å². The van der Waals surface area contributed by atoms with E-state index in [1.165, 1.54) is 11.5 Å². The number of piperazine rings is 1. The van der Waals surface area contributed by atoms with Crippen molar-refractivity contribution in [1.82, 2.24) is 23.7 Å². The summed E-state index contributed by atoms with van der Waals surface area (Å²) in [5.41, 5.74) is -0.0145. The van der Waals surface area contributed by atoms with Gasteiger partial charge in [0.25, 0.3) is 5.56 Å². The molecule has 0 saturated carbocycles. The van der Waals surface area contributed by atoms with E-state index in [2.05, 4.69) is 10.3 Å². The van der Waals surface area contributed by atoms with Crippen molar-refractivity contribution < 1.29 is 4.79 Å². The summed E-state index contributed by atoms with van der Waals surface area (Å²) in [5, 5.41) is 4.06. The van der Waals surface area contributed by atoms with E-state index in [4.69, 9.17) is 0 Å². The molecule has 1 fully saturated rings. The molecule has 0 spiro atoms. The summed E-state index contributed by atoms with van der Waals surface area (Å²) in [6.07, 6.45) is 3.96. The van der Waals surface area contributed by atoms with Gasteiger partial charge in [0.15, 0.2) is 0 Å². The summed E-state index contributed by atoms with van der Waals surface area (Å²) in [5.74, 6) is 0.938. The Labute approximate surface area is 155 Å². The van der Waals surface area contributed by atoms with Crippen molar-refractivity contribution in [2.24, 2.45) is 7.05 Å². The van der Waals surface area contributed by atoms with Gasteiger partial charge in [0.2, 0.25) is 5.91 Å². The van der Waals surface area contributed by atoms with E-state index >= 15 is 0 Å². The highest BCUT2D eigenvalue weighted by Crippen LogP contribution is 2.22. The molecule has 7 nitrogen and oxygen atoms in total. The van der Waals surface area contributed by atoms with Crippen molar-refractivity contribution in [3.05, 3.63) is 52.8 Å². The summed E-state index contributed by atoms with van der Waals surface area (Å²) in [7, 11) is 1.94. The van der Waals surface area contributed by atoms with Crippen molar-refractivity contribution in [1.29, 1.82) is 0 Å². The second-order valence-corrected chi connectivity index (χ2v) is 7.51. The SMILES string of the molecule is Cn1ccnc1C1CNCCN1C(=O)CCn1sc2ccccc2c1=O. The zero-order valence-electron chi connectivity index (χ0n) is 14.6. The first kappa shape index (κ1) is 17.0. The molecule has 1 amide bonds. The van der Waals surface area contributed by atoms with Crippen LogP contribution in [0.5, 0.6) is 0 Å². The zero-order valence-corrected chi connectivity index (χ0v) is 15.4. The Morgan fingerprint density at radius 2 is 2.23 bits per heavy atom. The lowest BCUT2D eigenvalue weighted by molar-refractivity contribution is -0.135. The Morgan fingerprint density at radius 1 is 1.38 bits per heavy atom. The Kier molecular flexibility index (Phi) is 4.60. The van der Waals surface area contributed by atoms with Gasteiger partial charge in [-0.1, -0.05) is 23.7 Å². The number of nitrogens with zero attached hydrogens (tertiary/aromatic N) is 4. The largest absolute Gasteiger partial charge is 0.336 e. The molecule has 2 aromatic heterocycles. The van der Waals surface area contributed by atoms with Gasteiger partial charge in [0.1, 0.15) is 11.9 Å². The van der Waals surface area contributed by atoms with Crippen LogP contribution in [0.3, 0.4) is 0 Å². The van der Waals surface area contributed by atoms with Gasteiger partial charge in [0.05, 0.1) is 10.1 Å². The summed E-state index contributed by atoms with van der Waals surface area (Å²) in [4.78, 5) is 31.6. The predicted octanol–water partition coefficient (Wildman–Crippen LogP) is 1.36. The fraction of sp³-hybridized carbons (Fsp3) is 0.389. The Hall–Kier alpha value is -2.45. The Bertz CT molecular complexity index is 989. The van der Waals surface area contributed by atoms with Crippen LogP contribution in [0.1, 0.15) is 18.3 Å². The van der Waals surface area contributed by atoms with Crippen LogP contribution in [-0.2, 0) is 18.4 Å². The van der Waals surface area contributed by atoms with E-state index in [9.17, 15) is 9.59 Å². The van der Waals surface area contributed by atoms with Crippen molar-refractivity contribution in [3.63, 3.8) is 0 Å². The van der Waals surface area contributed by atoms with Gasteiger partial charge in [-0.2, -0.15) is 0 Å². The number of fused-ring (bicyclic) bond motifs is 1. The van der Waals surface area contributed by atoms with Crippen LogP contribution >= 0.6 is 11.5 Å². The Morgan fingerprint density at radius 3 is 3.00 bits per heavy atom. The zero-order chi connectivity index (χ0) is 18.1. The highest BCUT2D eigenvalue weighted by atomic mass is 32.1. The molecule has 3 aromatic rings. The monoisotopic (exact) mass is 371 g/mol. The number of hydrogen-bond donors (Lipinski definition) is 1. The molecule has 1 aliphatic heterocycles. The molecular formula is C18H21N5O2S. The molecule has 26 heavy (non-hydrogen) atoms. The van der Waals surface area contributed by atoms with Crippen LogP contribution in [0.25, 0.3) is 10.1 Å². The highest BCUT2D eigenvalue weighted by molar-refractivity contribution is 7.13. The van der Waals surface area contributed by atoms with Gasteiger partial charge in [-0.05, 0) is 12.1 Å². The first-order chi connectivity index (χ1) is 12.6. The molecule has 1 atom stereocenters. The number of carbonyl (C=O) groups excluding carboxylic acids is 1. The fourth-order valence-corrected chi connectivity index (χ4v) is 4.43. The lowest BCUT2D eigenvalue weighted by Crippen LogP contribution is -2.49. The van der Waals surface area contributed by atoms with Crippen molar-refractivity contribution in [2.45, 2.75) is 19.0 Å². The number of amides is 1.